The van der Waals surface area contributed by atoms with Crippen molar-refractivity contribution in [1.29, 1.82) is 0 Å². The Morgan fingerprint density at radius 3 is 2.76 bits per heavy atom. The minimum absolute atomic E-state index is 0.0852. The summed E-state index contributed by atoms with van der Waals surface area (Å²) in [4.78, 5) is 6.12. The van der Waals surface area contributed by atoms with Crippen LogP contribution in [0.2, 0.25) is 5.02 Å². The Morgan fingerprint density at radius 1 is 1.38 bits per heavy atom. The van der Waals surface area contributed by atoms with Gasteiger partial charge in [-0.05, 0) is 50.1 Å². The molecule has 114 valence electrons. The van der Waals surface area contributed by atoms with Crippen LogP contribution in [0.4, 0.5) is 0 Å². The highest BCUT2D eigenvalue weighted by Gasteiger charge is 2.21. The van der Waals surface area contributed by atoms with Crippen LogP contribution < -0.4 is 5.32 Å². The molecule has 0 bridgehead atoms. The Morgan fingerprint density at radius 2 is 2.14 bits per heavy atom. The first kappa shape index (κ1) is 16.9. The zero-order chi connectivity index (χ0) is 15.4. The number of thiazole rings is 1. The molecule has 1 aromatic heterocycles. The standard InChI is InChI=1S/C16H20BrClN2S/c1-4-8-19-15(12-9-11(18)6-7-13(12)17)16-20-14(5-2)10(3)21-16/h6-7,9,15,19H,4-5,8H2,1-3H3. The molecule has 0 radical (unpaired) electrons. The molecule has 1 unspecified atom stereocenters. The van der Waals surface area contributed by atoms with E-state index >= 15 is 0 Å². The van der Waals surface area contributed by atoms with E-state index in [0.29, 0.717) is 0 Å². The van der Waals surface area contributed by atoms with Crippen LogP contribution in [0, 0.1) is 6.92 Å². The van der Waals surface area contributed by atoms with Gasteiger partial charge in [0, 0.05) is 14.4 Å². The minimum Gasteiger partial charge on any atom is -0.304 e. The Balaban J connectivity index is 2.44. The molecule has 0 aliphatic heterocycles. The molecule has 0 spiro atoms. The van der Waals surface area contributed by atoms with E-state index in [0.717, 1.165) is 39.5 Å². The second kappa shape index (κ2) is 7.73. The average molecular weight is 388 g/mol. The molecule has 2 rings (SSSR count). The zero-order valence-corrected chi connectivity index (χ0v) is 15.7. The van der Waals surface area contributed by atoms with Gasteiger partial charge in [0.15, 0.2) is 0 Å². The number of aromatic nitrogens is 1. The highest BCUT2D eigenvalue weighted by atomic mass is 79.9. The van der Waals surface area contributed by atoms with Crippen LogP contribution in [-0.4, -0.2) is 11.5 Å². The van der Waals surface area contributed by atoms with E-state index in [9.17, 15) is 0 Å². The van der Waals surface area contributed by atoms with Gasteiger partial charge < -0.3 is 5.32 Å². The molecule has 2 nitrogen and oxygen atoms in total. The molecule has 1 heterocycles. The summed E-state index contributed by atoms with van der Waals surface area (Å²) < 4.78 is 1.06. The van der Waals surface area contributed by atoms with Crippen molar-refractivity contribution in [1.82, 2.24) is 10.3 Å². The third kappa shape index (κ3) is 4.07. The lowest BCUT2D eigenvalue weighted by Gasteiger charge is -2.18. The first-order chi connectivity index (χ1) is 10.1. The summed E-state index contributed by atoms with van der Waals surface area (Å²) in [6, 6.07) is 6.00. The predicted octanol–water partition coefficient (Wildman–Crippen LogP) is 5.52. The van der Waals surface area contributed by atoms with Gasteiger partial charge in [0.1, 0.15) is 5.01 Å². The van der Waals surface area contributed by atoms with E-state index in [1.54, 1.807) is 11.3 Å². The van der Waals surface area contributed by atoms with Crippen molar-refractivity contribution >= 4 is 38.9 Å². The van der Waals surface area contributed by atoms with Crippen LogP contribution in [0.1, 0.15) is 47.5 Å². The maximum atomic E-state index is 6.18. The van der Waals surface area contributed by atoms with Gasteiger partial charge in [0.2, 0.25) is 0 Å². The van der Waals surface area contributed by atoms with E-state index in [1.807, 2.05) is 18.2 Å². The molecule has 1 atom stereocenters. The smallest absolute Gasteiger partial charge is 0.115 e. The normalized spacial score (nSPS) is 12.6. The molecule has 0 aliphatic rings. The highest BCUT2D eigenvalue weighted by Crippen LogP contribution is 2.34. The number of hydrogen-bond acceptors (Lipinski definition) is 3. The summed E-state index contributed by atoms with van der Waals surface area (Å²) in [7, 11) is 0. The van der Waals surface area contributed by atoms with Crippen LogP contribution >= 0.6 is 38.9 Å². The van der Waals surface area contributed by atoms with Crippen molar-refractivity contribution in [3.05, 3.63) is 48.8 Å². The van der Waals surface area contributed by atoms with Crippen LogP contribution in [0.3, 0.4) is 0 Å². The third-order valence-corrected chi connectivity index (χ3v) is 5.39. The molecule has 1 N–H and O–H groups in total. The van der Waals surface area contributed by atoms with E-state index < -0.39 is 0 Å². The summed E-state index contributed by atoms with van der Waals surface area (Å²) in [5.41, 5.74) is 2.34. The van der Waals surface area contributed by atoms with Crippen molar-refractivity contribution in [2.75, 3.05) is 6.54 Å². The van der Waals surface area contributed by atoms with Crippen LogP contribution in [0.15, 0.2) is 22.7 Å². The third-order valence-electron chi connectivity index (χ3n) is 3.36. The Labute approximate surface area is 144 Å². The van der Waals surface area contributed by atoms with Crippen LogP contribution in [0.5, 0.6) is 0 Å². The second-order valence-electron chi connectivity index (χ2n) is 4.96. The summed E-state index contributed by atoms with van der Waals surface area (Å²) in [6.07, 6.45) is 2.05. The predicted molar refractivity (Wildman–Crippen MR) is 95.5 cm³/mol. The zero-order valence-electron chi connectivity index (χ0n) is 12.5. The van der Waals surface area contributed by atoms with E-state index in [4.69, 9.17) is 16.6 Å². The molecule has 1 aromatic carbocycles. The fourth-order valence-electron chi connectivity index (χ4n) is 2.26. The molecule has 0 fully saturated rings. The number of rotatable bonds is 6. The Kier molecular flexibility index (Phi) is 6.23. The van der Waals surface area contributed by atoms with Gasteiger partial charge in [-0.15, -0.1) is 11.3 Å². The summed E-state index contributed by atoms with van der Waals surface area (Å²) in [5.74, 6) is 0. The summed E-state index contributed by atoms with van der Waals surface area (Å²) in [5, 5.41) is 5.46. The first-order valence-electron chi connectivity index (χ1n) is 7.21. The molecule has 0 saturated carbocycles. The number of benzene rings is 1. The highest BCUT2D eigenvalue weighted by molar-refractivity contribution is 9.10. The number of halogens is 2. The van der Waals surface area contributed by atoms with Gasteiger partial charge in [0.25, 0.3) is 0 Å². The monoisotopic (exact) mass is 386 g/mol. The second-order valence-corrected chi connectivity index (χ2v) is 7.49. The van der Waals surface area contributed by atoms with E-state index in [1.165, 1.54) is 10.6 Å². The lowest BCUT2D eigenvalue weighted by molar-refractivity contribution is 0.593. The molecular formula is C16H20BrClN2S. The minimum atomic E-state index is 0.0852. The maximum Gasteiger partial charge on any atom is 0.115 e. The van der Waals surface area contributed by atoms with Crippen molar-refractivity contribution in [2.45, 2.75) is 39.7 Å². The van der Waals surface area contributed by atoms with Crippen LogP contribution in [0.25, 0.3) is 0 Å². The van der Waals surface area contributed by atoms with Gasteiger partial charge in [-0.25, -0.2) is 4.98 Å². The molecule has 0 aliphatic carbocycles. The van der Waals surface area contributed by atoms with Gasteiger partial charge >= 0.3 is 0 Å². The van der Waals surface area contributed by atoms with Gasteiger partial charge in [-0.1, -0.05) is 41.4 Å². The van der Waals surface area contributed by atoms with E-state index in [-0.39, 0.29) is 6.04 Å². The Bertz CT molecular complexity index is 612. The molecule has 21 heavy (non-hydrogen) atoms. The Hall–Kier alpha value is -0.420. The summed E-state index contributed by atoms with van der Waals surface area (Å²) in [6.45, 7) is 7.41. The molecule has 0 amide bonds. The van der Waals surface area contributed by atoms with Crippen molar-refractivity contribution < 1.29 is 0 Å². The van der Waals surface area contributed by atoms with Crippen molar-refractivity contribution in [3.63, 3.8) is 0 Å². The molecule has 2 aromatic rings. The lowest BCUT2D eigenvalue weighted by atomic mass is 10.1. The average Bonchev–Trinajstić information content (AvgIpc) is 2.84. The van der Waals surface area contributed by atoms with Crippen molar-refractivity contribution in [3.8, 4) is 0 Å². The molecule has 5 heteroatoms. The van der Waals surface area contributed by atoms with Gasteiger partial charge in [-0.3, -0.25) is 0 Å². The van der Waals surface area contributed by atoms with Crippen LogP contribution in [-0.2, 0) is 6.42 Å². The summed E-state index contributed by atoms with van der Waals surface area (Å²) >= 11 is 11.6. The maximum absolute atomic E-state index is 6.18. The molecule has 0 saturated heterocycles. The number of nitrogens with zero attached hydrogens (tertiary/aromatic N) is 1. The van der Waals surface area contributed by atoms with Crippen molar-refractivity contribution in [2.24, 2.45) is 0 Å². The first-order valence-corrected chi connectivity index (χ1v) is 9.20. The van der Waals surface area contributed by atoms with Gasteiger partial charge in [-0.2, -0.15) is 0 Å². The fraction of sp³-hybridized carbons (Fsp3) is 0.438. The number of nitrogens with one attached hydrogen (secondary N) is 1. The van der Waals surface area contributed by atoms with E-state index in [2.05, 4.69) is 42.0 Å². The largest absolute Gasteiger partial charge is 0.304 e. The fourth-order valence-corrected chi connectivity index (χ4v) is 4.02. The topological polar surface area (TPSA) is 24.9 Å². The SMILES string of the molecule is CCCNC(c1nc(CC)c(C)s1)c1cc(Cl)ccc1Br. The lowest BCUT2D eigenvalue weighted by Crippen LogP contribution is -2.23. The number of aryl methyl sites for hydroxylation is 2. The molecular weight excluding hydrogens is 368 g/mol. The number of hydrogen-bond donors (Lipinski definition) is 1. The van der Waals surface area contributed by atoms with Gasteiger partial charge in [0.05, 0.1) is 11.7 Å². The quantitative estimate of drug-likeness (QED) is 0.706.